The minimum atomic E-state index is -0.305. The maximum absolute atomic E-state index is 12.3. The van der Waals surface area contributed by atoms with Crippen molar-refractivity contribution in [3.05, 3.63) is 70.1 Å². The fourth-order valence-corrected chi connectivity index (χ4v) is 3.11. The second-order valence-corrected chi connectivity index (χ2v) is 8.75. The predicted octanol–water partition coefficient (Wildman–Crippen LogP) is 6.06. The second-order valence-electron chi connectivity index (χ2n) is 8.75. The first-order chi connectivity index (χ1) is 11.6. The van der Waals surface area contributed by atoms with Crippen molar-refractivity contribution in [3.8, 4) is 11.1 Å². The standard InChI is InChI=1S/C23H26O2/c1-22(2,3)16-12-18-17(15-10-8-7-9-11-15)14-20(24)25-21(18)19(13-16)23(4,5)6/h7-14H,1-6H3. The number of hydrogen-bond acceptors (Lipinski definition) is 2. The van der Waals surface area contributed by atoms with Crippen molar-refractivity contribution in [2.24, 2.45) is 0 Å². The molecule has 2 aromatic carbocycles. The van der Waals surface area contributed by atoms with Crippen molar-refractivity contribution in [2.75, 3.05) is 0 Å². The molecular formula is C23H26O2. The van der Waals surface area contributed by atoms with Crippen molar-refractivity contribution in [1.82, 2.24) is 0 Å². The Kier molecular flexibility index (Phi) is 4.10. The van der Waals surface area contributed by atoms with E-state index in [-0.39, 0.29) is 16.5 Å². The SMILES string of the molecule is CC(C)(C)c1cc(C(C)(C)C)c2oc(=O)cc(-c3ccccc3)c2c1. The monoisotopic (exact) mass is 334 g/mol. The molecule has 0 N–H and O–H groups in total. The first-order valence-electron chi connectivity index (χ1n) is 8.76. The summed E-state index contributed by atoms with van der Waals surface area (Å²) in [5.74, 6) is 0. The van der Waals surface area contributed by atoms with Gasteiger partial charge >= 0.3 is 5.63 Å². The highest BCUT2D eigenvalue weighted by molar-refractivity contribution is 5.95. The average molecular weight is 334 g/mol. The average Bonchev–Trinajstić information content (AvgIpc) is 2.52. The Balaban J connectivity index is 2.49. The van der Waals surface area contributed by atoms with Crippen LogP contribution < -0.4 is 5.63 Å². The molecule has 0 saturated carbocycles. The lowest BCUT2D eigenvalue weighted by atomic mass is 9.79. The summed E-state index contributed by atoms with van der Waals surface area (Å²) in [4.78, 5) is 12.3. The zero-order valence-electron chi connectivity index (χ0n) is 15.9. The summed E-state index contributed by atoms with van der Waals surface area (Å²) in [6.07, 6.45) is 0. The zero-order valence-corrected chi connectivity index (χ0v) is 15.9. The van der Waals surface area contributed by atoms with Crippen LogP contribution in [0, 0.1) is 0 Å². The smallest absolute Gasteiger partial charge is 0.336 e. The molecule has 2 heteroatoms. The second kappa shape index (κ2) is 5.87. The maximum Gasteiger partial charge on any atom is 0.336 e. The van der Waals surface area contributed by atoms with Gasteiger partial charge in [-0.3, -0.25) is 0 Å². The van der Waals surface area contributed by atoms with E-state index in [4.69, 9.17) is 4.42 Å². The molecule has 0 aliphatic heterocycles. The summed E-state index contributed by atoms with van der Waals surface area (Å²) in [6, 6.07) is 16.0. The van der Waals surface area contributed by atoms with Crippen LogP contribution in [0.15, 0.2) is 57.7 Å². The molecule has 0 fully saturated rings. The van der Waals surface area contributed by atoms with E-state index >= 15 is 0 Å². The Labute approximate surface area is 149 Å². The summed E-state index contributed by atoms with van der Waals surface area (Å²) in [6.45, 7) is 13.1. The molecule has 3 rings (SSSR count). The highest BCUT2D eigenvalue weighted by Crippen LogP contribution is 2.38. The van der Waals surface area contributed by atoms with Crippen LogP contribution in [0.4, 0.5) is 0 Å². The van der Waals surface area contributed by atoms with Gasteiger partial charge in [-0.05, 0) is 33.6 Å². The van der Waals surface area contributed by atoms with Crippen molar-refractivity contribution in [3.63, 3.8) is 0 Å². The Morgan fingerprint density at radius 2 is 1.44 bits per heavy atom. The quantitative estimate of drug-likeness (QED) is 0.507. The van der Waals surface area contributed by atoms with Crippen LogP contribution in [0.5, 0.6) is 0 Å². The van der Waals surface area contributed by atoms with Crippen molar-refractivity contribution in [2.45, 2.75) is 52.4 Å². The summed E-state index contributed by atoms with van der Waals surface area (Å²) in [5, 5.41) is 1.00. The van der Waals surface area contributed by atoms with Gasteiger partial charge < -0.3 is 4.42 Å². The Morgan fingerprint density at radius 3 is 2.00 bits per heavy atom. The Bertz CT molecular complexity index is 965. The van der Waals surface area contributed by atoms with Gasteiger partial charge in [-0.2, -0.15) is 0 Å². The van der Waals surface area contributed by atoms with Gasteiger partial charge in [-0.1, -0.05) is 77.9 Å². The van der Waals surface area contributed by atoms with E-state index in [0.29, 0.717) is 5.58 Å². The lowest BCUT2D eigenvalue weighted by Gasteiger charge is -2.26. The van der Waals surface area contributed by atoms with Gasteiger partial charge in [0.05, 0.1) is 0 Å². The number of hydrogen-bond donors (Lipinski definition) is 0. The summed E-state index contributed by atoms with van der Waals surface area (Å²) < 4.78 is 5.69. The first kappa shape index (κ1) is 17.5. The van der Waals surface area contributed by atoms with E-state index in [1.165, 1.54) is 5.56 Å². The number of benzene rings is 2. The fraction of sp³-hybridized carbons (Fsp3) is 0.348. The number of fused-ring (bicyclic) bond motifs is 1. The summed E-state index contributed by atoms with van der Waals surface area (Å²) in [5.41, 5.74) is 4.58. The third-order valence-corrected chi connectivity index (χ3v) is 4.60. The third kappa shape index (κ3) is 3.39. The molecule has 2 nitrogen and oxygen atoms in total. The zero-order chi connectivity index (χ0) is 18.4. The van der Waals surface area contributed by atoms with E-state index in [2.05, 4.69) is 53.7 Å². The molecule has 0 atom stereocenters. The number of rotatable bonds is 1. The molecule has 25 heavy (non-hydrogen) atoms. The molecule has 0 saturated heterocycles. The van der Waals surface area contributed by atoms with Crippen LogP contribution in [0.1, 0.15) is 52.7 Å². The lowest BCUT2D eigenvalue weighted by molar-refractivity contribution is 0.525. The van der Waals surface area contributed by atoms with E-state index in [0.717, 1.165) is 22.1 Å². The Morgan fingerprint density at radius 1 is 0.800 bits per heavy atom. The minimum Gasteiger partial charge on any atom is -0.422 e. The maximum atomic E-state index is 12.3. The third-order valence-electron chi connectivity index (χ3n) is 4.60. The molecule has 0 aliphatic rings. The predicted molar refractivity (Wildman–Crippen MR) is 105 cm³/mol. The molecule has 0 bridgehead atoms. The molecule has 0 spiro atoms. The summed E-state index contributed by atoms with van der Waals surface area (Å²) >= 11 is 0. The van der Waals surface area contributed by atoms with Crippen molar-refractivity contribution in [1.29, 1.82) is 0 Å². The topological polar surface area (TPSA) is 30.2 Å². The van der Waals surface area contributed by atoms with Gasteiger partial charge in [0.15, 0.2) is 0 Å². The van der Waals surface area contributed by atoms with Gasteiger partial charge in [0, 0.05) is 17.0 Å². The van der Waals surface area contributed by atoms with Crippen LogP contribution in [0.25, 0.3) is 22.1 Å². The van der Waals surface area contributed by atoms with Gasteiger partial charge in [0.1, 0.15) is 5.58 Å². The molecule has 1 heterocycles. The highest BCUT2D eigenvalue weighted by atomic mass is 16.4. The van der Waals surface area contributed by atoms with Gasteiger partial charge in [0.25, 0.3) is 0 Å². The molecule has 130 valence electrons. The van der Waals surface area contributed by atoms with Crippen LogP contribution in [0.3, 0.4) is 0 Å². The molecule has 1 aromatic heterocycles. The van der Waals surface area contributed by atoms with Gasteiger partial charge in [0.2, 0.25) is 0 Å². The van der Waals surface area contributed by atoms with Gasteiger partial charge in [-0.25, -0.2) is 4.79 Å². The Hall–Kier alpha value is -2.35. The van der Waals surface area contributed by atoms with Crippen LogP contribution >= 0.6 is 0 Å². The van der Waals surface area contributed by atoms with Crippen LogP contribution in [-0.4, -0.2) is 0 Å². The summed E-state index contributed by atoms with van der Waals surface area (Å²) in [7, 11) is 0. The lowest BCUT2D eigenvalue weighted by Crippen LogP contribution is -2.17. The van der Waals surface area contributed by atoms with E-state index in [9.17, 15) is 4.79 Å². The molecule has 0 radical (unpaired) electrons. The van der Waals surface area contributed by atoms with Crippen molar-refractivity contribution < 1.29 is 4.42 Å². The largest absolute Gasteiger partial charge is 0.422 e. The molecule has 0 amide bonds. The van der Waals surface area contributed by atoms with Crippen molar-refractivity contribution >= 4 is 11.0 Å². The van der Waals surface area contributed by atoms with Crippen LogP contribution in [-0.2, 0) is 10.8 Å². The highest BCUT2D eigenvalue weighted by Gasteiger charge is 2.25. The van der Waals surface area contributed by atoms with E-state index in [1.54, 1.807) is 6.07 Å². The molecule has 0 aliphatic carbocycles. The van der Waals surface area contributed by atoms with E-state index < -0.39 is 0 Å². The first-order valence-corrected chi connectivity index (χ1v) is 8.76. The van der Waals surface area contributed by atoms with Gasteiger partial charge in [-0.15, -0.1) is 0 Å². The van der Waals surface area contributed by atoms with E-state index in [1.807, 2.05) is 30.3 Å². The molecule has 3 aromatic rings. The van der Waals surface area contributed by atoms with Crippen LogP contribution in [0.2, 0.25) is 0 Å². The normalized spacial score (nSPS) is 12.6. The fourth-order valence-electron chi connectivity index (χ4n) is 3.11. The molecular weight excluding hydrogens is 308 g/mol. The molecule has 0 unspecified atom stereocenters. The minimum absolute atomic E-state index is 0.0122.